The number of rotatable bonds is 6. The van der Waals surface area contributed by atoms with Gasteiger partial charge in [-0.25, -0.2) is 0 Å². The van der Waals surface area contributed by atoms with Crippen molar-refractivity contribution in [2.24, 2.45) is 0 Å². The Bertz CT molecular complexity index is 719. The fourth-order valence-electron chi connectivity index (χ4n) is 2.01. The smallest absolute Gasteiger partial charge is 0.261 e. The number of benzene rings is 2. The van der Waals surface area contributed by atoms with E-state index >= 15 is 0 Å². The molecule has 0 bridgehead atoms. The van der Waals surface area contributed by atoms with Crippen molar-refractivity contribution in [3.63, 3.8) is 0 Å². The first-order chi connectivity index (χ1) is 11.6. The molecule has 1 amide bonds. The predicted octanol–water partition coefficient (Wildman–Crippen LogP) is 3.70. The zero-order chi connectivity index (χ0) is 17.4. The van der Waals surface area contributed by atoms with Crippen LogP contribution in [0.15, 0.2) is 48.5 Å². The minimum atomic E-state index is -0.366. The van der Waals surface area contributed by atoms with E-state index in [4.69, 9.17) is 17.0 Å². The average molecular weight is 344 g/mol. The summed E-state index contributed by atoms with van der Waals surface area (Å²) in [7, 11) is 0. The number of thiocarbonyl (C=S) groups is 1. The zero-order valence-electron chi connectivity index (χ0n) is 13.4. The molecule has 0 radical (unpaired) electrons. The largest absolute Gasteiger partial charge is 0.506 e. The lowest BCUT2D eigenvalue weighted by molar-refractivity contribution is 0.0973. The third-order valence-electron chi connectivity index (χ3n) is 3.27. The van der Waals surface area contributed by atoms with Crippen LogP contribution in [-0.2, 0) is 0 Å². The molecule has 3 N–H and O–H groups in total. The maximum Gasteiger partial charge on any atom is 0.261 e. The van der Waals surface area contributed by atoms with Gasteiger partial charge in [-0.2, -0.15) is 0 Å². The maximum atomic E-state index is 12.4. The minimum Gasteiger partial charge on any atom is -0.506 e. The minimum absolute atomic E-state index is 0.0531. The molecule has 126 valence electrons. The second-order valence-corrected chi connectivity index (χ2v) is 5.53. The number of aromatic hydroxyl groups is 1. The predicted molar refractivity (Wildman–Crippen MR) is 98.6 cm³/mol. The Balaban J connectivity index is 2.01. The second kappa shape index (κ2) is 8.88. The van der Waals surface area contributed by atoms with Gasteiger partial charge in [0.2, 0.25) is 0 Å². The Hall–Kier alpha value is -2.60. The van der Waals surface area contributed by atoms with E-state index in [2.05, 4.69) is 17.6 Å². The van der Waals surface area contributed by atoms with Crippen LogP contribution in [0.4, 0.5) is 5.69 Å². The van der Waals surface area contributed by atoms with Crippen LogP contribution in [0.5, 0.6) is 11.5 Å². The van der Waals surface area contributed by atoms with Crippen molar-refractivity contribution in [3.8, 4) is 11.5 Å². The molecule has 0 heterocycles. The molecule has 2 aromatic carbocycles. The third-order valence-corrected chi connectivity index (χ3v) is 3.47. The van der Waals surface area contributed by atoms with E-state index in [0.717, 1.165) is 12.8 Å². The molecule has 24 heavy (non-hydrogen) atoms. The normalized spacial score (nSPS) is 10.0. The molecule has 0 atom stereocenters. The number of hydrogen-bond acceptors (Lipinski definition) is 4. The van der Waals surface area contributed by atoms with Gasteiger partial charge in [0.25, 0.3) is 5.91 Å². The number of anilines is 1. The standard InChI is InChI=1S/C18H20N2O3S/c1-2-3-12-23-16-11-7-4-8-13(16)17(22)20-18(24)19-14-9-5-6-10-15(14)21/h4-11,21H,2-3,12H2,1H3,(H2,19,20,22,24). The van der Waals surface area contributed by atoms with Gasteiger partial charge in [0.05, 0.1) is 17.9 Å². The highest BCUT2D eigenvalue weighted by atomic mass is 32.1. The van der Waals surface area contributed by atoms with E-state index in [1.54, 1.807) is 36.4 Å². The molecule has 0 aliphatic rings. The van der Waals surface area contributed by atoms with Crippen LogP contribution in [0, 0.1) is 0 Å². The number of carbonyl (C=O) groups is 1. The van der Waals surface area contributed by atoms with Crippen molar-refractivity contribution in [1.82, 2.24) is 5.32 Å². The Morgan fingerprint density at radius 3 is 2.62 bits per heavy atom. The summed E-state index contributed by atoms with van der Waals surface area (Å²) in [6, 6.07) is 13.7. The molecule has 0 aliphatic carbocycles. The molecular formula is C18H20N2O3S. The Morgan fingerprint density at radius 2 is 1.88 bits per heavy atom. The van der Waals surface area contributed by atoms with Gasteiger partial charge in [-0.3, -0.25) is 10.1 Å². The Morgan fingerprint density at radius 1 is 1.17 bits per heavy atom. The van der Waals surface area contributed by atoms with E-state index in [-0.39, 0.29) is 16.8 Å². The Labute approximate surface area is 146 Å². The van der Waals surface area contributed by atoms with E-state index in [1.165, 1.54) is 6.07 Å². The summed E-state index contributed by atoms with van der Waals surface area (Å²) in [4.78, 5) is 12.4. The van der Waals surface area contributed by atoms with Gasteiger partial charge in [-0.15, -0.1) is 0 Å². The summed E-state index contributed by atoms with van der Waals surface area (Å²) >= 11 is 5.13. The molecule has 5 nitrogen and oxygen atoms in total. The summed E-state index contributed by atoms with van der Waals surface area (Å²) in [6.45, 7) is 2.63. The van der Waals surface area contributed by atoms with E-state index in [1.807, 2.05) is 6.07 Å². The van der Waals surface area contributed by atoms with Gasteiger partial charge in [0.1, 0.15) is 11.5 Å². The second-order valence-electron chi connectivity index (χ2n) is 5.12. The molecule has 0 saturated heterocycles. The molecule has 2 aromatic rings. The number of amides is 1. The van der Waals surface area contributed by atoms with Gasteiger partial charge < -0.3 is 15.2 Å². The number of hydrogen-bond donors (Lipinski definition) is 3. The van der Waals surface area contributed by atoms with Crippen LogP contribution in [0.2, 0.25) is 0 Å². The molecule has 0 saturated carbocycles. The van der Waals surface area contributed by atoms with Crippen LogP contribution in [0.25, 0.3) is 0 Å². The number of ether oxygens (including phenoxy) is 1. The van der Waals surface area contributed by atoms with Crippen LogP contribution < -0.4 is 15.4 Å². The number of unbranched alkanes of at least 4 members (excludes halogenated alkanes) is 1. The lowest BCUT2D eigenvalue weighted by Crippen LogP contribution is -2.34. The summed E-state index contributed by atoms with van der Waals surface area (Å²) in [5.41, 5.74) is 0.838. The first-order valence-electron chi connectivity index (χ1n) is 7.74. The Kier molecular flexibility index (Phi) is 6.57. The van der Waals surface area contributed by atoms with E-state index in [0.29, 0.717) is 23.6 Å². The molecule has 0 aromatic heterocycles. The van der Waals surface area contributed by atoms with E-state index < -0.39 is 0 Å². The van der Waals surface area contributed by atoms with Crippen molar-refractivity contribution in [1.29, 1.82) is 0 Å². The number of carbonyl (C=O) groups excluding carboxylic acids is 1. The fraction of sp³-hybridized carbons (Fsp3) is 0.222. The summed E-state index contributed by atoms with van der Waals surface area (Å²) < 4.78 is 5.65. The van der Waals surface area contributed by atoms with E-state index in [9.17, 15) is 9.90 Å². The highest BCUT2D eigenvalue weighted by molar-refractivity contribution is 7.80. The number of phenolic OH excluding ortho intramolecular Hbond substituents is 1. The fourth-order valence-corrected chi connectivity index (χ4v) is 2.21. The topological polar surface area (TPSA) is 70.6 Å². The van der Waals surface area contributed by atoms with Crippen molar-refractivity contribution in [2.75, 3.05) is 11.9 Å². The monoisotopic (exact) mass is 344 g/mol. The summed E-state index contributed by atoms with van der Waals surface area (Å²) in [5, 5.41) is 15.2. The summed E-state index contributed by atoms with van der Waals surface area (Å²) in [6.07, 6.45) is 1.94. The van der Waals surface area contributed by atoms with Crippen LogP contribution in [0.3, 0.4) is 0 Å². The lowest BCUT2D eigenvalue weighted by Gasteiger charge is -2.13. The molecular weight excluding hydrogens is 324 g/mol. The van der Waals surface area contributed by atoms with Crippen LogP contribution >= 0.6 is 12.2 Å². The van der Waals surface area contributed by atoms with Gasteiger partial charge in [-0.1, -0.05) is 37.6 Å². The highest BCUT2D eigenvalue weighted by Crippen LogP contribution is 2.22. The lowest BCUT2D eigenvalue weighted by atomic mass is 10.2. The van der Waals surface area contributed by atoms with Crippen molar-refractivity contribution in [3.05, 3.63) is 54.1 Å². The van der Waals surface area contributed by atoms with Gasteiger partial charge in [0.15, 0.2) is 5.11 Å². The average Bonchev–Trinajstić information content (AvgIpc) is 2.57. The van der Waals surface area contributed by atoms with Gasteiger partial charge in [-0.05, 0) is 42.9 Å². The molecule has 6 heteroatoms. The highest BCUT2D eigenvalue weighted by Gasteiger charge is 2.14. The quantitative estimate of drug-likeness (QED) is 0.423. The van der Waals surface area contributed by atoms with Crippen molar-refractivity contribution >= 4 is 28.9 Å². The van der Waals surface area contributed by atoms with Crippen molar-refractivity contribution < 1.29 is 14.6 Å². The molecule has 2 rings (SSSR count). The number of nitrogens with one attached hydrogen (secondary N) is 2. The molecule has 0 fully saturated rings. The van der Waals surface area contributed by atoms with Crippen LogP contribution in [-0.4, -0.2) is 22.7 Å². The SMILES string of the molecule is CCCCOc1ccccc1C(=O)NC(=S)Nc1ccccc1O. The summed E-state index contributed by atoms with van der Waals surface area (Å²) in [5.74, 6) is 0.209. The van der Waals surface area contributed by atoms with Crippen molar-refractivity contribution in [2.45, 2.75) is 19.8 Å². The first kappa shape index (κ1) is 17.7. The van der Waals surface area contributed by atoms with Gasteiger partial charge in [0, 0.05) is 0 Å². The molecule has 0 unspecified atom stereocenters. The maximum absolute atomic E-state index is 12.4. The number of para-hydroxylation sites is 3. The zero-order valence-corrected chi connectivity index (χ0v) is 14.2. The van der Waals surface area contributed by atoms with Gasteiger partial charge >= 0.3 is 0 Å². The third kappa shape index (κ3) is 4.96. The molecule has 0 aliphatic heterocycles. The first-order valence-corrected chi connectivity index (χ1v) is 8.14. The number of phenols is 1. The van der Waals surface area contributed by atoms with Crippen LogP contribution in [0.1, 0.15) is 30.1 Å². The molecule has 0 spiro atoms.